The summed E-state index contributed by atoms with van der Waals surface area (Å²) in [7, 11) is -2.00. The average molecular weight is 379 g/mol. The van der Waals surface area contributed by atoms with Crippen LogP contribution in [0.1, 0.15) is 0 Å². The Morgan fingerprint density at radius 2 is 2.04 bits per heavy atom. The first-order valence-corrected chi connectivity index (χ1v) is 10.0. The number of aromatic nitrogens is 3. The van der Waals surface area contributed by atoms with Crippen molar-refractivity contribution in [2.45, 2.75) is 4.34 Å². The Labute approximate surface area is 148 Å². The minimum absolute atomic E-state index is 0.0244. The van der Waals surface area contributed by atoms with Crippen molar-refractivity contribution in [2.75, 3.05) is 25.9 Å². The fraction of sp³-hybridized carbons (Fsp3) is 0.267. The van der Waals surface area contributed by atoms with E-state index in [0.717, 1.165) is 22.6 Å². The van der Waals surface area contributed by atoms with Crippen LogP contribution in [0.3, 0.4) is 0 Å². The van der Waals surface area contributed by atoms with E-state index in [1.54, 1.807) is 6.20 Å². The summed E-state index contributed by atoms with van der Waals surface area (Å²) < 4.78 is 26.2. The number of fused-ring (bicyclic) bond motifs is 1. The van der Waals surface area contributed by atoms with Crippen molar-refractivity contribution in [2.24, 2.45) is 0 Å². The molecule has 2 N–H and O–H groups in total. The standard InChI is InChI=1S/C15H17N5O3S2/c1-16-13(21)9-17-7-8-25(22,23)15-19-20-10-12(18-14(20)24-15)11-5-3-2-4-6-11/h2-6,10,17H,7-9H2,1H3,(H,16,21). The molecule has 1 amide bonds. The second-order valence-corrected chi connectivity index (χ2v) is 8.49. The van der Waals surface area contributed by atoms with E-state index in [0.29, 0.717) is 4.96 Å². The van der Waals surface area contributed by atoms with E-state index in [4.69, 9.17) is 0 Å². The maximum Gasteiger partial charge on any atom is 0.233 e. The second kappa shape index (κ2) is 7.30. The maximum atomic E-state index is 12.3. The molecule has 3 rings (SSSR count). The second-order valence-electron chi connectivity index (χ2n) is 5.26. The molecule has 0 unspecified atom stereocenters. The number of hydrogen-bond acceptors (Lipinski definition) is 7. The summed E-state index contributed by atoms with van der Waals surface area (Å²) in [5.41, 5.74) is 1.69. The molecule has 0 bridgehead atoms. The number of carbonyl (C=O) groups is 1. The minimum atomic E-state index is -3.52. The predicted molar refractivity (Wildman–Crippen MR) is 95.3 cm³/mol. The van der Waals surface area contributed by atoms with Crippen molar-refractivity contribution in [3.63, 3.8) is 0 Å². The summed E-state index contributed by atoms with van der Waals surface area (Å²) in [5, 5.41) is 9.38. The number of amides is 1. The van der Waals surface area contributed by atoms with Crippen LogP contribution in [0, 0.1) is 0 Å². The van der Waals surface area contributed by atoms with E-state index < -0.39 is 9.84 Å². The summed E-state index contributed by atoms with van der Waals surface area (Å²) in [6, 6.07) is 9.61. The molecular weight excluding hydrogens is 362 g/mol. The molecule has 1 aromatic carbocycles. The Morgan fingerprint density at radius 3 is 2.72 bits per heavy atom. The third-order valence-electron chi connectivity index (χ3n) is 3.47. The molecule has 0 spiro atoms. The summed E-state index contributed by atoms with van der Waals surface area (Å²) in [4.78, 5) is 16.1. The summed E-state index contributed by atoms with van der Waals surface area (Å²) in [6.45, 7) is 0.251. The monoisotopic (exact) mass is 379 g/mol. The number of nitrogens with zero attached hydrogens (tertiary/aromatic N) is 3. The Morgan fingerprint density at radius 1 is 1.28 bits per heavy atom. The lowest BCUT2D eigenvalue weighted by atomic mass is 10.2. The van der Waals surface area contributed by atoms with Gasteiger partial charge in [0.25, 0.3) is 0 Å². The Balaban J connectivity index is 1.71. The zero-order chi connectivity index (χ0) is 17.9. The molecule has 3 aromatic rings. The van der Waals surface area contributed by atoms with Crippen molar-refractivity contribution < 1.29 is 13.2 Å². The first kappa shape index (κ1) is 17.5. The van der Waals surface area contributed by atoms with Crippen LogP contribution in [0.5, 0.6) is 0 Å². The van der Waals surface area contributed by atoms with E-state index in [1.807, 2.05) is 30.3 Å². The highest BCUT2D eigenvalue weighted by molar-refractivity contribution is 7.93. The highest BCUT2D eigenvalue weighted by Gasteiger charge is 2.21. The predicted octanol–water partition coefficient (Wildman–Crippen LogP) is 0.567. The number of benzene rings is 1. The van der Waals surface area contributed by atoms with Crippen LogP contribution in [0.25, 0.3) is 16.2 Å². The number of hydrogen-bond donors (Lipinski definition) is 2. The van der Waals surface area contributed by atoms with Crippen LogP contribution in [-0.2, 0) is 14.6 Å². The van der Waals surface area contributed by atoms with Crippen LogP contribution in [-0.4, -0.2) is 54.8 Å². The van der Waals surface area contributed by atoms with Gasteiger partial charge in [-0.1, -0.05) is 41.7 Å². The summed E-state index contributed by atoms with van der Waals surface area (Å²) in [6.07, 6.45) is 1.71. The van der Waals surface area contributed by atoms with E-state index in [9.17, 15) is 13.2 Å². The molecule has 0 saturated carbocycles. The van der Waals surface area contributed by atoms with Crippen LogP contribution < -0.4 is 10.6 Å². The zero-order valence-corrected chi connectivity index (χ0v) is 15.1. The van der Waals surface area contributed by atoms with Crippen molar-refractivity contribution in [3.8, 4) is 11.3 Å². The van der Waals surface area contributed by atoms with Gasteiger partial charge in [0, 0.05) is 19.2 Å². The molecule has 0 fully saturated rings. The number of nitrogens with one attached hydrogen (secondary N) is 2. The SMILES string of the molecule is CNC(=O)CNCCS(=O)(=O)c1nn2cc(-c3ccccc3)nc2s1. The van der Waals surface area contributed by atoms with Gasteiger partial charge < -0.3 is 10.6 Å². The van der Waals surface area contributed by atoms with Crippen molar-refractivity contribution in [1.29, 1.82) is 0 Å². The largest absolute Gasteiger partial charge is 0.358 e. The number of imidazole rings is 1. The van der Waals surface area contributed by atoms with Gasteiger partial charge in [-0.25, -0.2) is 17.9 Å². The molecule has 0 saturated heterocycles. The molecule has 0 radical (unpaired) electrons. The molecule has 132 valence electrons. The van der Waals surface area contributed by atoms with E-state index in [1.165, 1.54) is 11.6 Å². The third kappa shape index (κ3) is 4.03. The van der Waals surface area contributed by atoms with Gasteiger partial charge in [-0.2, -0.15) is 0 Å². The van der Waals surface area contributed by atoms with E-state index in [2.05, 4.69) is 20.7 Å². The highest BCUT2D eigenvalue weighted by atomic mass is 32.2. The molecule has 2 aromatic heterocycles. The molecule has 0 aliphatic heterocycles. The minimum Gasteiger partial charge on any atom is -0.358 e. The first-order chi connectivity index (χ1) is 12.0. The molecule has 2 heterocycles. The molecule has 10 heteroatoms. The number of likely N-dealkylation sites (N-methyl/N-ethyl adjacent to an activating group) is 1. The maximum absolute atomic E-state index is 12.3. The lowest BCUT2D eigenvalue weighted by Gasteiger charge is -2.03. The van der Waals surface area contributed by atoms with E-state index >= 15 is 0 Å². The molecule has 25 heavy (non-hydrogen) atoms. The zero-order valence-electron chi connectivity index (χ0n) is 13.5. The number of carbonyl (C=O) groups excluding carboxylic acids is 1. The fourth-order valence-electron chi connectivity index (χ4n) is 2.14. The highest BCUT2D eigenvalue weighted by Crippen LogP contribution is 2.24. The lowest BCUT2D eigenvalue weighted by molar-refractivity contribution is -0.119. The van der Waals surface area contributed by atoms with Gasteiger partial charge in [0.1, 0.15) is 0 Å². The quantitative estimate of drug-likeness (QED) is 0.582. The first-order valence-electron chi connectivity index (χ1n) is 7.55. The van der Waals surface area contributed by atoms with Crippen molar-refractivity contribution in [3.05, 3.63) is 36.5 Å². The van der Waals surface area contributed by atoms with Gasteiger partial charge >= 0.3 is 0 Å². The van der Waals surface area contributed by atoms with Crippen molar-refractivity contribution >= 4 is 32.0 Å². The van der Waals surface area contributed by atoms with Crippen LogP contribution in [0.15, 0.2) is 40.9 Å². The number of sulfone groups is 1. The lowest BCUT2D eigenvalue weighted by Crippen LogP contribution is -2.34. The van der Waals surface area contributed by atoms with Gasteiger partial charge in [0.2, 0.25) is 25.0 Å². The van der Waals surface area contributed by atoms with Gasteiger partial charge in [0.05, 0.1) is 24.2 Å². The molecular formula is C15H17N5O3S2. The van der Waals surface area contributed by atoms with Gasteiger partial charge in [-0.15, -0.1) is 5.10 Å². The summed E-state index contributed by atoms with van der Waals surface area (Å²) >= 11 is 1.03. The molecule has 0 aliphatic rings. The summed E-state index contributed by atoms with van der Waals surface area (Å²) in [5.74, 6) is -0.329. The van der Waals surface area contributed by atoms with Gasteiger partial charge in [-0.3, -0.25) is 4.79 Å². The Bertz CT molecular complexity index is 948. The van der Waals surface area contributed by atoms with Gasteiger partial charge in [0.15, 0.2) is 0 Å². The Kier molecular flexibility index (Phi) is 5.11. The van der Waals surface area contributed by atoms with Crippen molar-refractivity contribution in [1.82, 2.24) is 25.2 Å². The van der Waals surface area contributed by atoms with Crippen LogP contribution >= 0.6 is 11.3 Å². The smallest absolute Gasteiger partial charge is 0.233 e. The fourth-order valence-corrected chi connectivity index (χ4v) is 4.54. The normalized spacial score (nSPS) is 11.7. The van der Waals surface area contributed by atoms with Crippen LogP contribution in [0.2, 0.25) is 0 Å². The van der Waals surface area contributed by atoms with Crippen LogP contribution in [0.4, 0.5) is 0 Å². The van der Waals surface area contributed by atoms with Gasteiger partial charge in [-0.05, 0) is 0 Å². The van der Waals surface area contributed by atoms with E-state index in [-0.39, 0.29) is 29.1 Å². The topological polar surface area (TPSA) is 105 Å². The molecule has 0 aliphatic carbocycles. The third-order valence-corrected chi connectivity index (χ3v) is 6.56. The number of rotatable bonds is 7. The average Bonchev–Trinajstić information content (AvgIpc) is 3.19. The Hall–Kier alpha value is -2.30. The molecule has 0 atom stereocenters. The molecule has 8 nitrogen and oxygen atoms in total.